The molecule has 0 aliphatic carbocycles. The van der Waals surface area contributed by atoms with E-state index in [0.717, 1.165) is 31.5 Å². The van der Waals surface area contributed by atoms with E-state index >= 15 is 0 Å². The third kappa shape index (κ3) is 3.70. The Hall–Kier alpha value is -2.08. The predicted molar refractivity (Wildman–Crippen MR) is 91.0 cm³/mol. The Morgan fingerprint density at radius 2 is 1.83 bits per heavy atom. The maximum Gasteiger partial charge on any atom is 0.245 e. The van der Waals surface area contributed by atoms with Crippen molar-refractivity contribution in [1.82, 2.24) is 15.2 Å². The molecular weight excluding hydrogens is 307 g/mol. The number of benzene rings is 1. The summed E-state index contributed by atoms with van der Waals surface area (Å²) >= 11 is 0. The van der Waals surface area contributed by atoms with Crippen molar-refractivity contribution in [3.8, 4) is 11.3 Å². The van der Waals surface area contributed by atoms with Crippen molar-refractivity contribution < 1.29 is 9.50 Å². The summed E-state index contributed by atoms with van der Waals surface area (Å²) in [5.41, 5.74) is 1.50. The van der Waals surface area contributed by atoms with E-state index in [4.69, 9.17) is 0 Å². The molecule has 1 fully saturated rings. The van der Waals surface area contributed by atoms with Gasteiger partial charge >= 0.3 is 0 Å². The zero-order valence-electron chi connectivity index (χ0n) is 14.1. The van der Waals surface area contributed by atoms with Crippen molar-refractivity contribution in [2.24, 2.45) is 11.8 Å². The molecule has 1 aromatic carbocycles. The summed E-state index contributed by atoms with van der Waals surface area (Å²) in [6.45, 7) is 5.72. The number of anilines is 1. The standard InChI is InChI=1S/C18H23FN4O/c1-12(2)17(24)14-7-9-23(10-8-14)18-21-16(11-20-22-18)13-3-5-15(19)6-4-13/h3-6,11-12,14,17,24H,7-10H2,1-2H3/t17-/m0/s1. The molecule has 2 heterocycles. The Kier molecular flexibility index (Phi) is 5.04. The predicted octanol–water partition coefficient (Wildman–Crippen LogP) is 2.91. The minimum Gasteiger partial charge on any atom is -0.393 e. The molecule has 1 aliphatic rings. The van der Waals surface area contributed by atoms with Crippen LogP contribution in [0.4, 0.5) is 10.3 Å². The highest BCUT2D eigenvalue weighted by Crippen LogP contribution is 2.27. The van der Waals surface area contributed by atoms with Gasteiger partial charge in [0.2, 0.25) is 5.95 Å². The van der Waals surface area contributed by atoms with E-state index in [-0.39, 0.29) is 17.8 Å². The van der Waals surface area contributed by atoms with Gasteiger partial charge in [-0.2, -0.15) is 5.10 Å². The van der Waals surface area contributed by atoms with Crippen LogP contribution in [0.1, 0.15) is 26.7 Å². The molecule has 2 aromatic rings. The number of halogens is 1. The van der Waals surface area contributed by atoms with E-state index in [0.29, 0.717) is 17.6 Å². The molecule has 1 aliphatic heterocycles. The van der Waals surface area contributed by atoms with Crippen molar-refractivity contribution in [3.63, 3.8) is 0 Å². The van der Waals surface area contributed by atoms with E-state index in [1.165, 1.54) is 12.1 Å². The third-order valence-corrected chi connectivity index (χ3v) is 4.68. The van der Waals surface area contributed by atoms with Crippen LogP contribution in [-0.4, -0.2) is 39.5 Å². The van der Waals surface area contributed by atoms with Gasteiger partial charge in [-0.25, -0.2) is 9.37 Å². The van der Waals surface area contributed by atoms with Gasteiger partial charge in [-0.1, -0.05) is 13.8 Å². The monoisotopic (exact) mass is 330 g/mol. The van der Waals surface area contributed by atoms with Gasteiger partial charge in [-0.3, -0.25) is 0 Å². The van der Waals surface area contributed by atoms with Crippen molar-refractivity contribution in [3.05, 3.63) is 36.3 Å². The second-order valence-electron chi connectivity index (χ2n) is 6.71. The molecule has 24 heavy (non-hydrogen) atoms. The second kappa shape index (κ2) is 7.21. The molecule has 0 spiro atoms. The maximum absolute atomic E-state index is 13.1. The van der Waals surface area contributed by atoms with Crippen LogP contribution in [0.15, 0.2) is 30.5 Å². The summed E-state index contributed by atoms with van der Waals surface area (Å²) < 4.78 is 13.1. The molecule has 0 amide bonds. The van der Waals surface area contributed by atoms with Crippen molar-refractivity contribution >= 4 is 5.95 Å². The Labute approximate surface area is 141 Å². The number of nitrogens with zero attached hydrogens (tertiary/aromatic N) is 4. The lowest BCUT2D eigenvalue weighted by molar-refractivity contribution is 0.0525. The lowest BCUT2D eigenvalue weighted by Crippen LogP contribution is -2.40. The van der Waals surface area contributed by atoms with E-state index < -0.39 is 0 Å². The lowest BCUT2D eigenvalue weighted by Gasteiger charge is -2.35. The molecule has 1 saturated heterocycles. The van der Waals surface area contributed by atoms with Crippen LogP contribution >= 0.6 is 0 Å². The number of aromatic nitrogens is 3. The maximum atomic E-state index is 13.1. The first-order valence-electron chi connectivity index (χ1n) is 8.43. The lowest BCUT2D eigenvalue weighted by atomic mass is 9.86. The minimum absolute atomic E-state index is 0.253. The van der Waals surface area contributed by atoms with Crippen molar-refractivity contribution in [2.75, 3.05) is 18.0 Å². The topological polar surface area (TPSA) is 62.1 Å². The Morgan fingerprint density at radius 1 is 1.17 bits per heavy atom. The van der Waals surface area contributed by atoms with Gasteiger partial charge in [0, 0.05) is 18.7 Å². The number of rotatable bonds is 4. The SMILES string of the molecule is CC(C)[C@H](O)C1CCN(c2nncc(-c3ccc(F)cc3)n2)CC1. The van der Waals surface area contributed by atoms with Crippen LogP contribution < -0.4 is 4.90 Å². The van der Waals surface area contributed by atoms with Gasteiger partial charge < -0.3 is 10.0 Å². The Morgan fingerprint density at radius 3 is 2.46 bits per heavy atom. The van der Waals surface area contributed by atoms with E-state index in [9.17, 15) is 9.50 Å². The number of aliphatic hydroxyl groups is 1. The van der Waals surface area contributed by atoms with Crippen LogP contribution in [0.5, 0.6) is 0 Å². The molecule has 3 rings (SSSR count). The number of aliphatic hydroxyl groups excluding tert-OH is 1. The van der Waals surface area contributed by atoms with Gasteiger partial charge in [0.05, 0.1) is 18.0 Å². The van der Waals surface area contributed by atoms with Gasteiger partial charge in [0.1, 0.15) is 5.82 Å². The highest BCUT2D eigenvalue weighted by atomic mass is 19.1. The molecule has 0 radical (unpaired) electrons. The summed E-state index contributed by atoms with van der Waals surface area (Å²) in [6, 6.07) is 6.20. The largest absolute Gasteiger partial charge is 0.393 e. The molecule has 1 N–H and O–H groups in total. The average Bonchev–Trinajstić information content (AvgIpc) is 2.62. The quantitative estimate of drug-likeness (QED) is 0.934. The number of hydrogen-bond acceptors (Lipinski definition) is 5. The number of hydrogen-bond donors (Lipinski definition) is 1. The van der Waals surface area contributed by atoms with Crippen molar-refractivity contribution in [1.29, 1.82) is 0 Å². The Bertz CT molecular complexity index is 669. The first-order valence-corrected chi connectivity index (χ1v) is 8.43. The second-order valence-corrected chi connectivity index (χ2v) is 6.71. The van der Waals surface area contributed by atoms with E-state index in [1.807, 2.05) is 0 Å². The summed E-state index contributed by atoms with van der Waals surface area (Å²) in [5.74, 6) is 0.928. The highest BCUT2D eigenvalue weighted by molar-refractivity contribution is 5.59. The summed E-state index contributed by atoms with van der Waals surface area (Å²) in [7, 11) is 0. The molecule has 1 aromatic heterocycles. The zero-order chi connectivity index (χ0) is 17.1. The summed E-state index contributed by atoms with van der Waals surface area (Å²) in [5, 5.41) is 18.4. The fourth-order valence-corrected chi connectivity index (χ4v) is 3.17. The van der Waals surface area contributed by atoms with Crippen LogP contribution in [0, 0.1) is 17.7 Å². The minimum atomic E-state index is -0.272. The molecule has 1 atom stereocenters. The molecule has 0 unspecified atom stereocenters. The number of piperidine rings is 1. The normalized spacial score (nSPS) is 17.3. The molecular formula is C18H23FN4O. The van der Waals surface area contributed by atoms with E-state index in [2.05, 4.69) is 33.9 Å². The van der Waals surface area contributed by atoms with Crippen molar-refractivity contribution in [2.45, 2.75) is 32.8 Å². The van der Waals surface area contributed by atoms with Gasteiger partial charge in [0.15, 0.2) is 0 Å². The fraction of sp³-hybridized carbons (Fsp3) is 0.500. The first kappa shape index (κ1) is 16.8. The fourth-order valence-electron chi connectivity index (χ4n) is 3.17. The average molecular weight is 330 g/mol. The van der Waals surface area contributed by atoms with Crippen LogP contribution in [0.25, 0.3) is 11.3 Å². The van der Waals surface area contributed by atoms with E-state index in [1.54, 1.807) is 18.3 Å². The Balaban J connectivity index is 1.70. The third-order valence-electron chi connectivity index (χ3n) is 4.68. The van der Waals surface area contributed by atoms with Gasteiger partial charge in [-0.05, 0) is 48.9 Å². The molecule has 6 heteroatoms. The zero-order valence-corrected chi connectivity index (χ0v) is 14.1. The van der Waals surface area contributed by atoms with Crippen LogP contribution in [-0.2, 0) is 0 Å². The smallest absolute Gasteiger partial charge is 0.245 e. The van der Waals surface area contributed by atoms with Crippen LogP contribution in [0.2, 0.25) is 0 Å². The van der Waals surface area contributed by atoms with Crippen LogP contribution in [0.3, 0.4) is 0 Å². The first-order chi connectivity index (χ1) is 11.5. The molecule has 0 bridgehead atoms. The van der Waals surface area contributed by atoms with Gasteiger partial charge in [-0.15, -0.1) is 5.10 Å². The molecule has 5 nitrogen and oxygen atoms in total. The summed E-state index contributed by atoms with van der Waals surface area (Å²) in [6.07, 6.45) is 3.18. The summed E-state index contributed by atoms with van der Waals surface area (Å²) in [4.78, 5) is 6.67. The highest BCUT2D eigenvalue weighted by Gasteiger charge is 2.28. The molecule has 128 valence electrons. The van der Waals surface area contributed by atoms with Gasteiger partial charge in [0.25, 0.3) is 0 Å². The molecule has 0 saturated carbocycles.